The Hall–Kier alpha value is -4.29. The van der Waals surface area contributed by atoms with Crippen molar-refractivity contribution in [2.45, 2.75) is 38.5 Å². The van der Waals surface area contributed by atoms with E-state index in [-0.39, 0.29) is 24.5 Å². The van der Waals surface area contributed by atoms with Gasteiger partial charge in [0.25, 0.3) is 0 Å². The van der Waals surface area contributed by atoms with E-state index in [4.69, 9.17) is 14.2 Å². The zero-order valence-corrected chi connectivity index (χ0v) is 22.6. The van der Waals surface area contributed by atoms with Crippen LogP contribution in [-0.2, 0) is 11.2 Å². The van der Waals surface area contributed by atoms with Crippen molar-refractivity contribution in [2.24, 2.45) is 0 Å². The number of aliphatic hydroxyl groups excluding tert-OH is 1. The second kappa shape index (κ2) is 11.2. The molecule has 1 heterocycles. The Morgan fingerprint density at radius 3 is 2.23 bits per heavy atom. The van der Waals surface area contributed by atoms with Gasteiger partial charge >= 0.3 is 0 Å². The molecule has 0 saturated heterocycles. The van der Waals surface area contributed by atoms with Crippen molar-refractivity contribution >= 4 is 11.6 Å². The molecule has 4 aromatic carbocycles. The third kappa shape index (κ3) is 5.33. The Labute approximate surface area is 229 Å². The third-order valence-corrected chi connectivity index (χ3v) is 6.96. The maximum absolute atomic E-state index is 13.7. The van der Waals surface area contributed by atoms with Gasteiger partial charge in [-0.2, -0.15) is 0 Å². The SMILES string of the molecule is COc1cccc(C(O)c2ccc(N3C(=O)Cc4cc(OC)c(OC(C)C)cc4[C@@H]3c3ccccc3)cc2)c1. The van der Waals surface area contributed by atoms with E-state index in [0.29, 0.717) is 17.2 Å². The highest BCUT2D eigenvalue weighted by Gasteiger charge is 2.36. The molecule has 0 radical (unpaired) electrons. The molecule has 1 aliphatic heterocycles. The minimum absolute atomic E-state index is 0.0166. The molecule has 0 saturated carbocycles. The molecule has 1 N–H and O–H groups in total. The monoisotopic (exact) mass is 523 g/mol. The Morgan fingerprint density at radius 2 is 1.56 bits per heavy atom. The van der Waals surface area contributed by atoms with E-state index in [1.807, 2.05) is 110 Å². The van der Waals surface area contributed by atoms with Crippen LogP contribution in [-0.4, -0.2) is 31.3 Å². The lowest BCUT2D eigenvalue weighted by molar-refractivity contribution is -0.118. The molecule has 4 aromatic rings. The highest BCUT2D eigenvalue weighted by atomic mass is 16.5. The molecule has 39 heavy (non-hydrogen) atoms. The quantitative estimate of drug-likeness (QED) is 0.296. The number of hydrogen-bond donors (Lipinski definition) is 1. The summed E-state index contributed by atoms with van der Waals surface area (Å²) in [5.41, 5.74) is 5.13. The van der Waals surface area contributed by atoms with Crippen LogP contribution in [0.3, 0.4) is 0 Å². The molecule has 0 aromatic heterocycles. The van der Waals surface area contributed by atoms with Gasteiger partial charge < -0.3 is 24.2 Å². The molecule has 1 amide bonds. The van der Waals surface area contributed by atoms with Crippen molar-refractivity contribution in [3.05, 3.63) is 119 Å². The molecule has 0 spiro atoms. The minimum atomic E-state index is -0.819. The van der Waals surface area contributed by atoms with Crippen LogP contribution in [0.5, 0.6) is 17.2 Å². The number of rotatable bonds is 8. The molecule has 2 atom stereocenters. The summed E-state index contributed by atoms with van der Waals surface area (Å²) in [6.07, 6.45) is -0.609. The summed E-state index contributed by atoms with van der Waals surface area (Å²) in [5, 5.41) is 11.0. The van der Waals surface area contributed by atoms with Gasteiger partial charge in [-0.25, -0.2) is 0 Å². The van der Waals surface area contributed by atoms with Gasteiger partial charge in [0, 0.05) is 5.69 Å². The fourth-order valence-electron chi connectivity index (χ4n) is 5.14. The number of amides is 1. The van der Waals surface area contributed by atoms with Crippen LogP contribution in [0.4, 0.5) is 5.69 Å². The average Bonchev–Trinajstić information content (AvgIpc) is 2.96. The van der Waals surface area contributed by atoms with Crippen LogP contribution in [0, 0.1) is 0 Å². The maximum Gasteiger partial charge on any atom is 0.232 e. The maximum atomic E-state index is 13.7. The number of benzene rings is 4. The number of carbonyl (C=O) groups excluding carboxylic acids is 1. The Kier molecular flexibility index (Phi) is 7.57. The van der Waals surface area contributed by atoms with Crippen LogP contribution in [0.1, 0.15) is 53.8 Å². The van der Waals surface area contributed by atoms with Crippen molar-refractivity contribution in [1.29, 1.82) is 0 Å². The van der Waals surface area contributed by atoms with E-state index in [9.17, 15) is 9.90 Å². The predicted molar refractivity (Wildman–Crippen MR) is 152 cm³/mol. The number of ether oxygens (including phenoxy) is 3. The number of carbonyl (C=O) groups is 1. The number of methoxy groups -OCH3 is 2. The van der Waals surface area contributed by atoms with E-state index < -0.39 is 6.10 Å². The first-order valence-electron chi connectivity index (χ1n) is 13.1. The predicted octanol–water partition coefficient (Wildman–Crippen LogP) is 6.25. The first-order valence-corrected chi connectivity index (χ1v) is 13.1. The minimum Gasteiger partial charge on any atom is -0.497 e. The van der Waals surface area contributed by atoms with Crippen LogP contribution >= 0.6 is 0 Å². The van der Waals surface area contributed by atoms with Crippen molar-refractivity contribution in [2.75, 3.05) is 19.1 Å². The molecule has 0 aliphatic carbocycles. The number of aliphatic hydroxyl groups is 1. The van der Waals surface area contributed by atoms with Crippen LogP contribution in [0.2, 0.25) is 0 Å². The molecule has 0 bridgehead atoms. The van der Waals surface area contributed by atoms with Gasteiger partial charge in [0.05, 0.1) is 32.8 Å². The molecule has 1 aliphatic rings. The van der Waals surface area contributed by atoms with Crippen molar-refractivity contribution in [3.8, 4) is 17.2 Å². The fraction of sp³-hybridized carbons (Fsp3) is 0.242. The van der Waals surface area contributed by atoms with E-state index in [0.717, 1.165) is 33.5 Å². The number of anilines is 1. The summed E-state index contributed by atoms with van der Waals surface area (Å²) in [5.74, 6) is 1.94. The largest absolute Gasteiger partial charge is 0.497 e. The summed E-state index contributed by atoms with van der Waals surface area (Å²) in [6.45, 7) is 3.95. The topological polar surface area (TPSA) is 68.2 Å². The third-order valence-electron chi connectivity index (χ3n) is 6.96. The Morgan fingerprint density at radius 1 is 0.821 bits per heavy atom. The highest BCUT2D eigenvalue weighted by molar-refractivity contribution is 5.98. The molecular weight excluding hydrogens is 490 g/mol. The summed E-state index contributed by atoms with van der Waals surface area (Å²) >= 11 is 0. The molecule has 5 rings (SSSR count). The fourth-order valence-corrected chi connectivity index (χ4v) is 5.14. The van der Waals surface area contributed by atoms with Crippen molar-refractivity contribution < 1.29 is 24.1 Å². The van der Waals surface area contributed by atoms with E-state index in [1.165, 1.54) is 0 Å². The Balaban J connectivity index is 1.56. The van der Waals surface area contributed by atoms with Gasteiger partial charge in [-0.15, -0.1) is 0 Å². The van der Waals surface area contributed by atoms with Crippen LogP contribution in [0.15, 0.2) is 91.0 Å². The van der Waals surface area contributed by atoms with Crippen molar-refractivity contribution in [1.82, 2.24) is 0 Å². The summed E-state index contributed by atoms with van der Waals surface area (Å²) in [7, 11) is 3.22. The summed E-state index contributed by atoms with van der Waals surface area (Å²) < 4.78 is 17.0. The molecule has 6 heteroatoms. The lowest BCUT2D eigenvalue weighted by Crippen LogP contribution is -2.41. The number of hydrogen-bond acceptors (Lipinski definition) is 5. The van der Waals surface area contributed by atoms with Gasteiger partial charge in [0.15, 0.2) is 11.5 Å². The van der Waals surface area contributed by atoms with Crippen LogP contribution < -0.4 is 19.1 Å². The lowest BCUT2D eigenvalue weighted by atomic mass is 9.86. The zero-order valence-electron chi connectivity index (χ0n) is 22.6. The van der Waals surface area contributed by atoms with Gasteiger partial charge in [-0.1, -0.05) is 54.6 Å². The second-order valence-corrected chi connectivity index (χ2v) is 9.89. The Bertz CT molecular complexity index is 1450. The average molecular weight is 524 g/mol. The zero-order chi connectivity index (χ0) is 27.5. The van der Waals surface area contributed by atoms with E-state index in [1.54, 1.807) is 14.2 Å². The van der Waals surface area contributed by atoms with Gasteiger partial charge in [0.2, 0.25) is 5.91 Å². The normalized spacial score (nSPS) is 15.6. The number of fused-ring (bicyclic) bond motifs is 1. The van der Waals surface area contributed by atoms with Gasteiger partial charge in [0.1, 0.15) is 11.9 Å². The van der Waals surface area contributed by atoms with Gasteiger partial charge in [-0.3, -0.25) is 4.79 Å². The van der Waals surface area contributed by atoms with Gasteiger partial charge in [-0.05, 0) is 78.1 Å². The lowest BCUT2D eigenvalue weighted by Gasteiger charge is -2.38. The van der Waals surface area contributed by atoms with Crippen molar-refractivity contribution in [3.63, 3.8) is 0 Å². The smallest absolute Gasteiger partial charge is 0.232 e. The molecule has 6 nitrogen and oxygen atoms in total. The van der Waals surface area contributed by atoms with E-state index >= 15 is 0 Å². The van der Waals surface area contributed by atoms with E-state index in [2.05, 4.69) is 0 Å². The first kappa shape index (κ1) is 26.3. The molecule has 1 unspecified atom stereocenters. The summed E-state index contributed by atoms with van der Waals surface area (Å²) in [6, 6.07) is 28.5. The second-order valence-electron chi connectivity index (χ2n) is 9.89. The molecule has 200 valence electrons. The number of nitrogens with zero attached hydrogens (tertiary/aromatic N) is 1. The highest BCUT2D eigenvalue weighted by Crippen LogP contribution is 2.43. The standard InChI is InChI=1S/C33H33NO5/c1-21(2)39-30-20-28-25(18-29(30)38-4)19-31(35)34(32(28)22-9-6-5-7-10-22)26-15-13-23(14-16-26)33(36)24-11-8-12-27(17-24)37-3/h5-18,20-21,32-33,36H,19H2,1-4H3/t32-,33?/m0/s1. The van der Waals surface area contributed by atoms with Crippen LogP contribution in [0.25, 0.3) is 0 Å². The molecular formula is C33H33NO5. The first-order chi connectivity index (χ1) is 18.9. The summed E-state index contributed by atoms with van der Waals surface area (Å²) in [4.78, 5) is 15.5. The molecule has 0 fully saturated rings.